The van der Waals surface area contributed by atoms with Crippen LogP contribution in [0, 0.1) is 5.82 Å². The number of hydrogen-bond donors (Lipinski definition) is 1. The zero-order valence-electron chi connectivity index (χ0n) is 15.4. The minimum absolute atomic E-state index is 0.0560. The molecule has 0 radical (unpaired) electrons. The second-order valence-electron chi connectivity index (χ2n) is 6.66. The number of methoxy groups -OCH3 is 1. The summed E-state index contributed by atoms with van der Waals surface area (Å²) in [4.78, 5) is 31.5. The number of nitrogens with one attached hydrogen (secondary N) is 1. The van der Waals surface area contributed by atoms with E-state index in [-0.39, 0.29) is 24.0 Å². The van der Waals surface area contributed by atoms with Crippen LogP contribution in [0.3, 0.4) is 0 Å². The predicted octanol–water partition coefficient (Wildman–Crippen LogP) is 2.01. The van der Waals surface area contributed by atoms with Crippen molar-refractivity contribution in [3.63, 3.8) is 0 Å². The Hall–Kier alpha value is -2.83. The fraction of sp³-hybridized carbons (Fsp3) is 0.400. The molecule has 3 rings (SSSR count). The summed E-state index contributed by atoms with van der Waals surface area (Å²) in [6.45, 7) is 2.26. The fourth-order valence-corrected chi connectivity index (χ4v) is 3.28. The standard InChI is InChI=1S/C20H24FN3O3/c1-27-18-4-3-15(11-17(18)21)12-19(25)23-7-2-8-24(10-9-23)20(26)13-16-5-6-22-14-16/h3-6,11,14,22H,2,7-10,12-13H2,1H3. The van der Waals surface area contributed by atoms with E-state index < -0.39 is 5.82 Å². The number of carbonyl (C=O) groups excluding carboxylic acids is 2. The molecule has 2 heterocycles. The Morgan fingerprint density at radius 3 is 2.26 bits per heavy atom. The average Bonchev–Trinajstić information content (AvgIpc) is 3.02. The number of aromatic amines is 1. The summed E-state index contributed by atoms with van der Waals surface area (Å²) >= 11 is 0. The molecule has 0 aliphatic carbocycles. The third kappa shape index (κ3) is 4.87. The van der Waals surface area contributed by atoms with E-state index >= 15 is 0 Å². The number of ether oxygens (including phenoxy) is 1. The molecule has 0 atom stereocenters. The summed E-state index contributed by atoms with van der Waals surface area (Å²) in [6, 6.07) is 6.45. The molecule has 1 fully saturated rings. The number of aromatic nitrogens is 1. The van der Waals surface area contributed by atoms with Gasteiger partial charge in [0.15, 0.2) is 11.6 Å². The molecule has 0 unspecified atom stereocenters. The minimum atomic E-state index is -0.472. The van der Waals surface area contributed by atoms with Crippen molar-refractivity contribution in [1.29, 1.82) is 0 Å². The maximum absolute atomic E-state index is 13.8. The van der Waals surface area contributed by atoms with Gasteiger partial charge in [-0.05, 0) is 35.7 Å². The highest BCUT2D eigenvalue weighted by Crippen LogP contribution is 2.18. The van der Waals surface area contributed by atoms with Gasteiger partial charge in [0.05, 0.1) is 20.0 Å². The Kier molecular flexibility index (Phi) is 6.11. The molecular formula is C20H24FN3O3. The molecule has 6 nitrogen and oxygen atoms in total. The molecule has 2 amide bonds. The molecule has 1 N–H and O–H groups in total. The number of carbonyl (C=O) groups is 2. The largest absolute Gasteiger partial charge is 0.494 e. The number of halogens is 1. The highest BCUT2D eigenvalue weighted by Gasteiger charge is 2.22. The fourth-order valence-electron chi connectivity index (χ4n) is 3.28. The van der Waals surface area contributed by atoms with Crippen LogP contribution in [0.25, 0.3) is 0 Å². The molecule has 144 valence electrons. The summed E-state index contributed by atoms with van der Waals surface area (Å²) in [7, 11) is 1.41. The van der Waals surface area contributed by atoms with Crippen LogP contribution in [0.5, 0.6) is 5.75 Å². The number of nitrogens with zero attached hydrogens (tertiary/aromatic N) is 2. The number of H-pyrrole nitrogens is 1. The van der Waals surface area contributed by atoms with Gasteiger partial charge in [-0.1, -0.05) is 6.07 Å². The smallest absolute Gasteiger partial charge is 0.227 e. The Morgan fingerprint density at radius 1 is 1.04 bits per heavy atom. The third-order valence-electron chi connectivity index (χ3n) is 4.79. The Balaban J connectivity index is 1.54. The summed E-state index contributed by atoms with van der Waals surface area (Å²) in [5, 5.41) is 0. The van der Waals surface area contributed by atoms with Gasteiger partial charge in [0.25, 0.3) is 0 Å². The van der Waals surface area contributed by atoms with E-state index in [1.165, 1.54) is 19.2 Å². The molecular weight excluding hydrogens is 349 g/mol. The summed E-state index contributed by atoms with van der Waals surface area (Å²) in [5.41, 5.74) is 1.57. The van der Waals surface area contributed by atoms with Crippen LogP contribution in [0.4, 0.5) is 4.39 Å². The van der Waals surface area contributed by atoms with Gasteiger partial charge in [0.1, 0.15) is 0 Å². The zero-order chi connectivity index (χ0) is 19.2. The van der Waals surface area contributed by atoms with Crippen molar-refractivity contribution >= 4 is 11.8 Å². The third-order valence-corrected chi connectivity index (χ3v) is 4.79. The number of benzene rings is 1. The van der Waals surface area contributed by atoms with E-state index in [1.54, 1.807) is 17.2 Å². The monoisotopic (exact) mass is 373 g/mol. The Morgan fingerprint density at radius 2 is 1.70 bits per heavy atom. The quantitative estimate of drug-likeness (QED) is 0.872. The molecule has 27 heavy (non-hydrogen) atoms. The second-order valence-corrected chi connectivity index (χ2v) is 6.66. The number of hydrogen-bond acceptors (Lipinski definition) is 3. The van der Waals surface area contributed by atoms with Crippen molar-refractivity contribution in [1.82, 2.24) is 14.8 Å². The van der Waals surface area contributed by atoms with Crippen LogP contribution in [0.15, 0.2) is 36.7 Å². The first-order chi connectivity index (χ1) is 13.1. The summed E-state index contributed by atoms with van der Waals surface area (Å²) in [5.74, 6) is -0.293. The maximum Gasteiger partial charge on any atom is 0.227 e. The van der Waals surface area contributed by atoms with Crippen LogP contribution < -0.4 is 4.74 Å². The van der Waals surface area contributed by atoms with Gasteiger partial charge in [0, 0.05) is 38.6 Å². The van der Waals surface area contributed by atoms with E-state index in [0.29, 0.717) is 38.2 Å². The molecule has 1 aliphatic heterocycles. The topological polar surface area (TPSA) is 65.6 Å². The van der Waals surface area contributed by atoms with Crippen LogP contribution >= 0.6 is 0 Å². The predicted molar refractivity (Wildman–Crippen MR) is 98.9 cm³/mol. The van der Waals surface area contributed by atoms with E-state index in [4.69, 9.17) is 4.74 Å². The van der Waals surface area contributed by atoms with Crippen molar-refractivity contribution in [2.45, 2.75) is 19.3 Å². The van der Waals surface area contributed by atoms with E-state index in [1.807, 2.05) is 17.2 Å². The lowest BCUT2D eigenvalue weighted by Crippen LogP contribution is -2.38. The van der Waals surface area contributed by atoms with Gasteiger partial charge in [-0.15, -0.1) is 0 Å². The van der Waals surface area contributed by atoms with Gasteiger partial charge in [-0.2, -0.15) is 0 Å². The van der Waals surface area contributed by atoms with Crippen molar-refractivity contribution in [3.05, 3.63) is 53.6 Å². The molecule has 1 saturated heterocycles. The van der Waals surface area contributed by atoms with Gasteiger partial charge in [-0.25, -0.2) is 4.39 Å². The van der Waals surface area contributed by atoms with Crippen molar-refractivity contribution < 1.29 is 18.7 Å². The Labute approximate surface area is 157 Å². The van der Waals surface area contributed by atoms with Gasteiger partial charge < -0.3 is 19.5 Å². The maximum atomic E-state index is 13.8. The van der Waals surface area contributed by atoms with E-state index in [2.05, 4.69) is 4.98 Å². The van der Waals surface area contributed by atoms with Crippen molar-refractivity contribution in [2.24, 2.45) is 0 Å². The van der Waals surface area contributed by atoms with Crippen LogP contribution in [-0.4, -0.2) is 59.9 Å². The average molecular weight is 373 g/mol. The van der Waals surface area contributed by atoms with Gasteiger partial charge in [0.2, 0.25) is 11.8 Å². The highest BCUT2D eigenvalue weighted by atomic mass is 19.1. The second kappa shape index (κ2) is 8.70. The number of rotatable bonds is 5. The lowest BCUT2D eigenvalue weighted by Gasteiger charge is -2.22. The van der Waals surface area contributed by atoms with Gasteiger partial charge >= 0.3 is 0 Å². The molecule has 1 aromatic heterocycles. The summed E-state index contributed by atoms with van der Waals surface area (Å²) in [6.07, 6.45) is 4.86. The van der Waals surface area contributed by atoms with Crippen molar-refractivity contribution in [2.75, 3.05) is 33.3 Å². The molecule has 0 saturated carbocycles. The first kappa shape index (κ1) is 18.9. The molecule has 1 aromatic carbocycles. The lowest BCUT2D eigenvalue weighted by atomic mass is 10.1. The van der Waals surface area contributed by atoms with Crippen LogP contribution in [0.1, 0.15) is 17.5 Å². The normalized spacial score (nSPS) is 14.7. The Bertz CT molecular complexity index is 792. The van der Waals surface area contributed by atoms with E-state index in [0.717, 1.165) is 12.0 Å². The van der Waals surface area contributed by atoms with Crippen molar-refractivity contribution in [3.8, 4) is 5.75 Å². The van der Waals surface area contributed by atoms with E-state index in [9.17, 15) is 14.0 Å². The van der Waals surface area contributed by atoms with Crippen LogP contribution in [-0.2, 0) is 22.4 Å². The van der Waals surface area contributed by atoms with Gasteiger partial charge in [-0.3, -0.25) is 9.59 Å². The molecule has 2 aromatic rings. The van der Waals surface area contributed by atoms with Crippen LogP contribution in [0.2, 0.25) is 0 Å². The minimum Gasteiger partial charge on any atom is -0.494 e. The molecule has 7 heteroatoms. The molecule has 0 spiro atoms. The lowest BCUT2D eigenvalue weighted by molar-refractivity contribution is -0.132. The molecule has 1 aliphatic rings. The first-order valence-electron chi connectivity index (χ1n) is 9.06. The number of amides is 2. The first-order valence-corrected chi connectivity index (χ1v) is 9.06. The SMILES string of the molecule is COc1ccc(CC(=O)N2CCCN(C(=O)Cc3cc[nH]c3)CC2)cc1F. The summed E-state index contributed by atoms with van der Waals surface area (Å²) < 4.78 is 18.7. The zero-order valence-corrected chi connectivity index (χ0v) is 15.4. The highest BCUT2D eigenvalue weighted by molar-refractivity contribution is 5.80. The molecule has 0 bridgehead atoms.